The van der Waals surface area contributed by atoms with Gasteiger partial charge in [-0.15, -0.1) is 0 Å². The fraction of sp³-hybridized carbons (Fsp3) is 0.538. The van der Waals surface area contributed by atoms with E-state index in [4.69, 9.17) is 5.73 Å². The molecular weight excluding hydrogens is 170 g/mol. The number of aryl methyl sites for hydroxylation is 1. The standard InChI is InChI=1S/C13H21N/c1-10-7-5-6-8-11(10)9-12(14)13(2,3)4/h5-8,12H,9,14H2,1-4H3. The zero-order valence-electron chi connectivity index (χ0n) is 9.67. The Labute approximate surface area is 87.3 Å². The van der Waals surface area contributed by atoms with Gasteiger partial charge in [0.15, 0.2) is 0 Å². The molecule has 14 heavy (non-hydrogen) atoms. The van der Waals surface area contributed by atoms with Crippen molar-refractivity contribution in [1.82, 2.24) is 0 Å². The predicted octanol–water partition coefficient (Wildman–Crippen LogP) is 2.91. The van der Waals surface area contributed by atoms with Crippen molar-refractivity contribution in [3.8, 4) is 0 Å². The van der Waals surface area contributed by atoms with Gasteiger partial charge in [0, 0.05) is 6.04 Å². The summed E-state index contributed by atoms with van der Waals surface area (Å²) in [6.45, 7) is 8.71. The van der Waals surface area contributed by atoms with Crippen LogP contribution in [0.15, 0.2) is 24.3 Å². The zero-order valence-corrected chi connectivity index (χ0v) is 9.67. The van der Waals surface area contributed by atoms with Gasteiger partial charge >= 0.3 is 0 Å². The molecule has 1 heteroatoms. The molecule has 0 aliphatic carbocycles. The van der Waals surface area contributed by atoms with E-state index in [1.807, 2.05) is 0 Å². The van der Waals surface area contributed by atoms with Gasteiger partial charge in [-0.3, -0.25) is 0 Å². The molecule has 0 bridgehead atoms. The SMILES string of the molecule is Cc1ccccc1CC(N)C(C)(C)C. The largest absolute Gasteiger partial charge is 0.327 e. The molecule has 2 N–H and O–H groups in total. The minimum absolute atomic E-state index is 0.183. The average Bonchev–Trinajstić information content (AvgIpc) is 2.07. The van der Waals surface area contributed by atoms with Crippen LogP contribution in [0, 0.1) is 12.3 Å². The van der Waals surface area contributed by atoms with E-state index in [1.54, 1.807) is 0 Å². The van der Waals surface area contributed by atoms with Gasteiger partial charge in [-0.05, 0) is 29.9 Å². The smallest absolute Gasteiger partial charge is 0.0128 e. The first-order chi connectivity index (χ1) is 6.41. The van der Waals surface area contributed by atoms with E-state index in [-0.39, 0.29) is 11.5 Å². The summed E-state index contributed by atoms with van der Waals surface area (Å²) in [4.78, 5) is 0. The Morgan fingerprint density at radius 3 is 2.29 bits per heavy atom. The molecule has 0 fully saturated rings. The second kappa shape index (κ2) is 4.14. The molecule has 0 aliphatic rings. The highest BCUT2D eigenvalue weighted by atomic mass is 14.7. The van der Waals surface area contributed by atoms with E-state index in [0.29, 0.717) is 0 Å². The van der Waals surface area contributed by atoms with Crippen LogP contribution in [0.4, 0.5) is 0 Å². The number of rotatable bonds is 2. The van der Waals surface area contributed by atoms with E-state index in [0.717, 1.165) is 6.42 Å². The van der Waals surface area contributed by atoms with Crippen LogP contribution < -0.4 is 5.73 Å². The van der Waals surface area contributed by atoms with Gasteiger partial charge in [-0.2, -0.15) is 0 Å². The molecule has 0 saturated heterocycles. The third kappa shape index (κ3) is 2.85. The molecule has 1 rings (SSSR count). The van der Waals surface area contributed by atoms with Crippen molar-refractivity contribution in [1.29, 1.82) is 0 Å². The van der Waals surface area contributed by atoms with Crippen molar-refractivity contribution >= 4 is 0 Å². The molecule has 1 aromatic rings. The van der Waals surface area contributed by atoms with Crippen LogP contribution in [0.1, 0.15) is 31.9 Å². The maximum absolute atomic E-state index is 6.15. The van der Waals surface area contributed by atoms with Crippen LogP contribution in [0.25, 0.3) is 0 Å². The Bertz CT molecular complexity index is 296. The minimum Gasteiger partial charge on any atom is -0.327 e. The predicted molar refractivity (Wildman–Crippen MR) is 62.3 cm³/mol. The normalized spacial score (nSPS) is 14.1. The lowest BCUT2D eigenvalue weighted by molar-refractivity contribution is 0.318. The van der Waals surface area contributed by atoms with Gasteiger partial charge in [0.25, 0.3) is 0 Å². The van der Waals surface area contributed by atoms with Gasteiger partial charge in [-0.1, -0.05) is 45.0 Å². The maximum Gasteiger partial charge on any atom is 0.0128 e. The molecule has 0 saturated carbocycles. The molecule has 1 atom stereocenters. The van der Waals surface area contributed by atoms with Crippen molar-refractivity contribution in [2.75, 3.05) is 0 Å². The highest BCUT2D eigenvalue weighted by molar-refractivity contribution is 5.26. The third-order valence-electron chi connectivity index (χ3n) is 2.81. The highest BCUT2D eigenvalue weighted by Gasteiger charge is 2.20. The van der Waals surface area contributed by atoms with Gasteiger partial charge in [-0.25, -0.2) is 0 Å². The molecule has 0 amide bonds. The summed E-state index contributed by atoms with van der Waals surface area (Å²) < 4.78 is 0. The number of hydrogen-bond acceptors (Lipinski definition) is 1. The first-order valence-electron chi connectivity index (χ1n) is 5.21. The van der Waals surface area contributed by atoms with Crippen LogP contribution in [0.5, 0.6) is 0 Å². The fourth-order valence-corrected chi connectivity index (χ4v) is 1.38. The Hall–Kier alpha value is -0.820. The Morgan fingerprint density at radius 1 is 1.21 bits per heavy atom. The fourth-order valence-electron chi connectivity index (χ4n) is 1.38. The van der Waals surface area contributed by atoms with Crippen molar-refractivity contribution in [3.63, 3.8) is 0 Å². The van der Waals surface area contributed by atoms with Crippen molar-refractivity contribution in [3.05, 3.63) is 35.4 Å². The van der Waals surface area contributed by atoms with Crippen molar-refractivity contribution in [2.45, 2.75) is 40.2 Å². The van der Waals surface area contributed by atoms with Crippen molar-refractivity contribution in [2.24, 2.45) is 11.1 Å². The number of nitrogens with two attached hydrogens (primary N) is 1. The highest BCUT2D eigenvalue weighted by Crippen LogP contribution is 2.21. The second-order valence-corrected chi connectivity index (χ2v) is 5.10. The van der Waals surface area contributed by atoms with E-state index < -0.39 is 0 Å². The first-order valence-corrected chi connectivity index (χ1v) is 5.21. The van der Waals surface area contributed by atoms with E-state index in [1.165, 1.54) is 11.1 Å². The minimum atomic E-state index is 0.183. The number of hydrogen-bond donors (Lipinski definition) is 1. The molecule has 0 aromatic heterocycles. The Morgan fingerprint density at radius 2 is 1.79 bits per heavy atom. The summed E-state index contributed by atoms with van der Waals surface area (Å²) in [6.07, 6.45) is 0.968. The summed E-state index contributed by atoms with van der Waals surface area (Å²) in [5, 5.41) is 0. The quantitative estimate of drug-likeness (QED) is 0.764. The van der Waals surface area contributed by atoms with Gasteiger partial charge in [0.2, 0.25) is 0 Å². The van der Waals surface area contributed by atoms with E-state index in [9.17, 15) is 0 Å². The lowest BCUT2D eigenvalue weighted by atomic mass is 9.83. The first kappa shape index (κ1) is 11.3. The molecule has 0 spiro atoms. The molecule has 78 valence electrons. The van der Waals surface area contributed by atoms with Gasteiger partial charge in [0.1, 0.15) is 0 Å². The lowest BCUT2D eigenvalue weighted by Gasteiger charge is -2.27. The van der Waals surface area contributed by atoms with E-state index in [2.05, 4.69) is 52.0 Å². The molecule has 0 heterocycles. The topological polar surface area (TPSA) is 26.0 Å². The third-order valence-corrected chi connectivity index (χ3v) is 2.81. The van der Waals surface area contributed by atoms with Gasteiger partial charge < -0.3 is 5.73 Å². The summed E-state index contributed by atoms with van der Waals surface area (Å²) >= 11 is 0. The molecular formula is C13H21N. The van der Waals surface area contributed by atoms with E-state index >= 15 is 0 Å². The van der Waals surface area contributed by atoms with Gasteiger partial charge in [0.05, 0.1) is 0 Å². The van der Waals surface area contributed by atoms with Crippen LogP contribution in [-0.2, 0) is 6.42 Å². The summed E-state index contributed by atoms with van der Waals surface area (Å²) in [6, 6.07) is 8.69. The summed E-state index contributed by atoms with van der Waals surface area (Å²) in [5.41, 5.74) is 9.04. The average molecular weight is 191 g/mol. The Kier molecular flexibility index (Phi) is 3.33. The molecule has 1 unspecified atom stereocenters. The zero-order chi connectivity index (χ0) is 10.8. The Balaban J connectivity index is 2.75. The van der Waals surface area contributed by atoms with Crippen LogP contribution in [-0.4, -0.2) is 6.04 Å². The molecule has 0 radical (unpaired) electrons. The molecule has 1 aromatic carbocycles. The van der Waals surface area contributed by atoms with Crippen LogP contribution >= 0.6 is 0 Å². The van der Waals surface area contributed by atoms with Crippen molar-refractivity contribution < 1.29 is 0 Å². The monoisotopic (exact) mass is 191 g/mol. The second-order valence-electron chi connectivity index (χ2n) is 5.10. The summed E-state index contributed by atoms with van der Waals surface area (Å²) in [7, 11) is 0. The molecule has 0 aliphatic heterocycles. The lowest BCUT2D eigenvalue weighted by Crippen LogP contribution is -2.37. The summed E-state index contributed by atoms with van der Waals surface area (Å²) in [5.74, 6) is 0. The van der Waals surface area contributed by atoms with Crippen LogP contribution in [0.2, 0.25) is 0 Å². The maximum atomic E-state index is 6.15. The van der Waals surface area contributed by atoms with Crippen LogP contribution in [0.3, 0.4) is 0 Å². The number of benzene rings is 1. The molecule has 1 nitrogen and oxygen atoms in total.